The largest absolute Gasteiger partial charge is 0.409 e. The summed E-state index contributed by atoms with van der Waals surface area (Å²) in [7, 11) is 1.62. The van der Waals surface area contributed by atoms with Gasteiger partial charge in [-0.2, -0.15) is 5.10 Å². The summed E-state index contributed by atoms with van der Waals surface area (Å²) in [5.41, 5.74) is 6.21. The first-order valence-electron chi connectivity index (χ1n) is 5.69. The summed E-state index contributed by atoms with van der Waals surface area (Å²) in [6, 6.07) is 4.83. The summed E-state index contributed by atoms with van der Waals surface area (Å²) in [6.07, 6.45) is 1.39. The molecule has 0 spiro atoms. The average Bonchev–Trinajstić information content (AvgIpc) is 2.78. The SMILES string of the molecule is Cn1ncc(/C(N)=N/O)c1NC(=O)c1cc(Cl)cc(Br)c1. The molecule has 0 fully saturated rings. The van der Waals surface area contributed by atoms with Crippen LogP contribution < -0.4 is 11.1 Å². The second-order valence-electron chi connectivity index (χ2n) is 4.13. The maximum atomic E-state index is 12.3. The van der Waals surface area contributed by atoms with E-state index in [1.54, 1.807) is 19.2 Å². The van der Waals surface area contributed by atoms with Gasteiger partial charge in [0.25, 0.3) is 5.91 Å². The number of halogens is 2. The molecule has 1 heterocycles. The Kier molecular flexibility index (Phi) is 4.49. The molecule has 0 aliphatic heterocycles. The lowest BCUT2D eigenvalue weighted by atomic mass is 10.2. The second-order valence-corrected chi connectivity index (χ2v) is 5.48. The Morgan fingerprint density at radius 3 is 2.86 bits per heavy atom. The Labute approximate surface area is 133 Å². The monoisotopic (exact) mass is 371 g/mol. The number of benzene rings is 1. The Hall–Kier alpha value is -2.06. The molecule has 2 rings (SSSR count). The van der Waals surface area contributed by atoms with Crippen molar-refractivity contribution in [1.82, 2.24) is 9.78 Å². The lowest BCUT2D eigenvalue weighted by Crippen LogP contribution is -2.20. The van der Waals surface area contributed by atoms with Crippen LogP contribution >= 0.6 is 27.5 Å². The van der Waals surface area contributed by atoms with Gasteiger partial charge >= 0.3 is 0 Å². The summed E-state index contributed by atoms with van der Waals surface area (Å²) in [4.78, 5) is 12.3. The lowest BCUT2D eigenvalue weighted by molar-refractivity contribution is 0.102. The Morgan fingerprint density at radius 1 is 1.52 bits per heavy atom. The number of nitrogens with zero attached hydrogens (tertiary/aromatic N) is 3. The minimum Gasteiger partial charge on any atom is -0.409 e. The maximum Gasteiger partial charge on any atom is 0.256 e. The number of amidine groups is 1. The van der Waals surface area contributed by atoms with E-state index in [1.165, 1.54) is 16.9 Å². The van der Waals surface area contributed by atoms with Crippen LogP contribution in [-0.4, -0.2) is 26.7 Å². The summed E-state index contributed by atoms with van der Waals surface area (Å²) in [5.74, 6) is -0.231. The van der Waals surface area contributed by atoms with Crippen molar-refractivity contribution in [3.63, 3.8) is 0 Å². The number of aromatic nitrogens is 2. The number of carbonyl (C=O) groups excluding carboxylic acids is 1. The molecule has 0 saturated carbocycles. The molecule has 1 aromatic carbocycles. The molecule has 110 valence electrons. The first-order valence-corrected chi connectivity index (χ1v) is 6.87. The number of nitrogens with two attached hydrogens (primary N) is 1. The van der Waals surface area contributed by atoms with E-state index in [4.69, 9.17) is 22.5 Å². The summed E-state index contributed by atoms with van der Waals surface area (Å²) in [5, 5.41) is 18.7. The maximum absolute atomic E-state index is 12.3. The van der Waals surface area contributed by atoms with Gasteiger partial charge in [-0.25, -0.2) is 0 Å². The molecule has 21 heavy (non-hydrogen) atoms. The van der Waals surface area contributed by atoms with Crippen molar-refractivity contribution in [1.29, 1.82) is 0 Å². The van der Waals surface area contributed by atoms with E-state index in [1.807, 2.05) is 0 Å². The molecule has 9 heteroatoms. The van der Waals surface area contributed by atoms with Crippen LogP contribution in [0.15, 0.2) is 34.0 Å². The molecule has 0 unspecified atom stereocenters. The van der Waals surface area contributed by atoms with Crippen molar-refractivity contribution in [2.24, 2.45) is 17.9 Å². The van der Waals surface area contributed by atoms with Gasteiger partial charge in [0.05, 0.1) is 11.8 Å². The fourth-order valence-corrected chi connectivity index (χ4v) is 2.55. The van der Waals surface area contributed by atoms with Gasteiger partial charge in [0.15, 0.2) is 5.84 Å². The average molecular weight is 373 g/mol. The van der Waals surface area contributed by atoms with Crippen LogP contribution in [0.1, 0.15) is 15.9 Å². The van der Waals surface area contributed by atoms with Gasteiger partial charge in [0.2, 0.25) is 0 Å². The van der Waals surface area contributed by atoms with Crippen molar-refractivity contribution >= 4 is 45.1 Å². The number of hydrogen-bond donors (Lipinski definition) is 3. The highest BCUT2D eigenvalue weighted by Gasteiger charge is 2.16. The third-order valence-electron chi connectivity index (χ3n) is 2.68. The summed E-state index contributed by atoms with van der Waals surface area (Å²) in [6.45, 7) is 0. The van der Waals surface area contributed by atoms with Crippen LogP contribution in [0.25, 0.3) is 0 Å². The van der Waals surface area contributed by atoms with E-state index in [-0.39, 0.29) is 5.84 Å². The molecule has 0 radical (unpaired) electrons. The van der Waals surface area contributed by atoms with Crippen molar-refractivity contribution < 1.29 is 10.0 Å². The molecule has 4 N–H and O–H groups in total. The van der Waals surface area contributed by atoms with E-state index in [0.29, 0.717) is 26.4 Å². The number of carbonyl (C=O) groups is 1. The van der Waals surface area contributed by atoms with E-state index in [9.17, 15) is 4.79 Å². The molecule has 0 atom stereocenters. The Bertz CT molecular complexity index is 708. The number of oxime groups is 1. The number of hydrogen-bond acceptors (Lipinski definition) is 4. The number of amides is 1. The molecular weight excluding hydrogens is 362 g/mol. The smallest absolute Gasteiger partial charge is 0.256 e. The predicted octanol–water partition coefficient (Wildman–Crippen LogP) is 2.18. The van der Waals surface area contributed by atoms with Crippen LogP contribution in [0.3, 0.4) is 0 Å². The van der Waals surface area contributed by atoms with Gasteiger partial charge in [0, 0.05) is 22.1 Å². The highest BCUT2D eigenvalue weighted by atomic mass is 79.9. The van der Waals surface area contributed by atoms with Gasteiger partial charge in [-0.05, 0) is 18.2 Å². The topological polar surface area (TPSA) is 106 Å². The number of rotatable bonds is 3. The highest BCUT2D eigenvalue weighted by molar-refractivity contribution is 9.10. The van der Waals surface area contributed by atoms with Crippen molar-refractivity contribution in [2.45, 2.75) is 0 Å². The van der Waals surface area contributed by atoms with E-state index in [2.05, 4.69) is 31.5 Å². The van der Waals surface area contributed by atoms with Gasteiger partial charge in [-0.1, -0.05) is 32.7 Å². The van der Waals surface area contributed by atoms with Crippen LogP contribution in [0.2, 0.25) is 5.02 Å². The Morgan fingerprint density at radius 2 is 2.24 bits per heavy atom. The molecule has 0 saturated heterocycles. The van der Waals surface area contributed by atoms with E-state index >= 15 is 0 Å². The zero-order valence-corrected chi connectivity index (χ0v) is 13.2. The normalized spacial score (nSPS) is 11.5. The van der Waals surface area contributed by atoms with Gasteiger partial charge in [-0.15, -0.1) is 0 Å². The first-order chi connectivity index (χ1) is 9.92. The minimum absolute atomic E-state index is 0.148. The number of anilines is 1. The summed E-state index contributed by atoms with van der Waals surface area (Å²) >= 11 is 9.18. The molecule has 1 amide bonds. The highest BCUT2D eigenvalue weighted by Crippen LogP contribution is 2.21. The van der Waals surface area contributed by atoms with Crippen LogP contribution in [0, 0.1) is 0 Å². The Balaban J connectivity index is 2.34. The third-order valence-corrected chi connectivity index (χ3v) is 3.36. The number of nitrogens with one attached hydrogen (secondary N) is 1. The molecular formula is C12H11BrClN5O2. The van der Waals surface area contributed by atoms with Crippen LogP contribution in [0.5, 0.6) is 0 Å². The summed E-state index contributed by atoms with van der Waals surface area (Å²) < 4.78 is 2.09. The van der Waals surface area contributed by atoms with Crippen LogP contribution in [0.4, 0.5) is 5.82 Å². The molecule has 1 aromatic heterocycles. The van der Waals surface area contributed by atoms with Crippen molar-refractivity contribution in [3.8, 4) is 0 Å². The van der Waals surface area contributed by atoms with E-state index < -0.39 is 5.91 Å². The number of aryl methyl sites for hydroxylation is 1. The molecule has 0 aliphatic carbocycles. The molecule has 2 aromatic rings. The van der Waals surface area contributed by atoms with E-state index in [0.717, 1.165) is 0 Å². The van der Waals surface area contributed by atoms with Crippen molar-refractivity contribution in [3.05, 3.63) is 45.0 Å². The van der Waals surface area contributed by atoms with Gasteiger partial charge < -0.3 is 16.3 Å². The minimum atomic E-state index is -0.395. The molecule has 0 bridgehead atoms. The standard InChI is InChI=1S/C12H11BrClN5O2/c1-19-11(9(5-16-19)10(15)18-21)17-12(20)6-2-7(13)4-8(14)3-6/h2-5,21H,1H3,(H2,15,18)(H,17,20). The van der Waals surface area contributed by atoms with Crippen LogP contribution in [-0.2, 0) is 7.05 Å². The lowest BCUT2D eigenvalue weighted by Gasteiger charge is -2.08. The molecule has 7 nitrogen and oxygen atoms in total. The fourth-order valence-electron chi connectivity index (χ4n) is 1.69. The van der Waals surface area contributed by atoms with Gasteiger partial charge in [-0.3, -0.25) is 9.48 Å². The quantitative estimate of drug-likeness (QED) is 0.332. The third kappa shape index (κ3) is 3.34. The zero-order valence-electron chi connectivity index (χ0n) is 10.8. The first kappa shape index (κ1) is 15.3. The fraction of sp³-hybridized carbons (Fsp3) is 0.0833. The molecule has 0 aliphatic rings. The predicted molar refractivity (Wildman–Crippen MR) is 82.8 cm³/mol. The van der Waals surface area contributed by atoms with Gasteiger partial charge in [0.1, 0.15) is 5.82 Å². The van der Waals surface area contributed by atoms with Crippen molar-refractivity contribution in [2.75, 3.05) is 5.32 Å². The zero-order chi connectivity index (χ0) is 15.6. The second kappa shape index (κ2) is 6.15.